The molecule has 8 heteroatoms. The molecule has 0 saturated carbocycles. The van der Waals surface area contributed by atoms with Crippen molar-refractivity contribution in [1.82, 2.24) is 15.5 Å². The van der Waals surface area contributed by atoms with Gasteiger partial charge in [-0.15, -0.1) is 0 Å². The van der Waals surface area contributed by atoms with E-state index in [1.165, 1.54) is 0 Å². The number of rotatable bonds is 8. The summed E-state index contributed by atoms with van der Waals surface area (Å²) in [5.74, 6) is 0.994. The molecule has 2 N–H and O–H groups in total. The second kappa shape index (κ2) is 9.69. The van der Waals surface area contributed by atoms with Crippen LogP contribution in [0.4, 0.5) is 5.69 Å². The van der Waals surface area contributed by atoms with Crippen LogP contribution in [0.3, 0.4) is 0 Å². The monoisotopic (exact) mass is 408 g/mol. The maximum absolute atomic E-state index is 12.1. The van der Waals surface area contributed by atoms with Crippen LogP contribution >= 0.6 is 0 Å². The van der Waals surface area contributed by atoms with Gasteiger partial charge in [0.1, 0.15) is 5.75 Å². The van der Waals surface area contributed by atoms with Crippen LogP contribution in [0.1, 0.15) is 23.4 Å². The van der Waals surface area contributed by atoms with E-state index in [2.05, 4.69) is 20.8 Å². The van der Waals surface area contributed by atoms with Gasteiger partial charge in [0.2, 0.25) is 23.5 Å². The van der Waals surface area contributed by atoms with Crippen LogP contribution in [0.25, 0.3) is 11.4 Å². The normalized spacial score (nSPS) is 10.5. The number of para-hydroxylation sites is 1. The number of ether oxygens (including phenoxy) is 1. The van der Waals surface area contributed by atoms with E-state index in [1.54, 1.807) is 7.11 Å². The van der Waals surface area contributed by atoms with Crippen LogP contribution in [0.15, 0.2) is 47.0 Å². The minimum absolute atomic E-state index is 0.104. The summed E-state index contributed by atoms with van der Waals surface area (Å²) in [6, 6.07) is 13.0. The SMILES string of the molecule is COc1ccc(-c2noc(CCC(=O)NCC(=O)Nc3c(C)cccc3C)n2)cc1. The molecule has 8 nitrogen and oxygen atoms in total. The lowest BCUT2D eigenvalue weighted by Crippen LogP contribution is -2.33. The number of aromatic nitrogens is 2. The summed E-state index contributed by atoms with van der Waals surface area (Å²) in [6.45, 7) is 3.74. The van der Waals surface area contributed by atoms with Gasteiger partial charge in [-0.05, 0) is 49.2 Å². The number of carbonyl (C=O) groups is 2. The molecule has 156 valence electrons. The molecule has 2 aromatic carbocycles. The van der Waals surface area contributed by atoms with Crippen LogP contribution in [0, 0.1) is 13.8 Å². The molecule has 0 aliphatic heterocycles. The van der Waals surface area contributed by atoms with Gasteiger partial charge in [0.15, 0.2) is 0 Å². The Hall–Kier alpha value is -3.68. The summed E-state index contributed by atoms with van der Waals surface area (Å²) in [5.41, 5.74) is 3.50. The van der Waals surface area contributed by atoms with Gasteiger partial charge in [0, 0.05) is 24.1 Å². The smallest absolute Gasteiger partial charge is 0.243 e. The van der Waals surface area contributed by atoms with Gasteiger partial charge in [-0.3, -0.25) is 9.59 Å². The Morgan fingerprint density at radius 3 is 2.40 bits per heavy atom. The number of benzene rings is 2. The van der Waals surface area contributed by atoms with Crippen molar-refractivity contribution in [1.29, 1.82) is 0 Å². The molecule has 3 aromatic rings. The molecule has 0 bridgehead atoms. The van der Waals surface area contributed by atoms with E-state index in [0.717, 1.165) is 28.1 Å². The van der Waals surface area contributed by atoms with Gasteiger partial charge in [-0.25, -0.2) is 0 Å². The van der Waals surface area contributed by atoms with Crippen molar-refractivity contribution >= 4 is 17.5 Å². The lowest BCUT2D eigenvalue weighted by atomic mass is 10.1. The van der Waals surface area contributed by atoms with Gasteiger partial charge >= 0.3 is 0 Å². The Bertz CT molecular complexity index is 1010. The molecular formula is C22H24N4O4. The highest BCUT2D eigenvalue weighted by Crippen LogP contribution is 2.20. The summed E-state index contributed by atoms with van der Waals surface area (Å²) >= 11 is 0. The highest BCUT2D eigenvalue weighted by Gasteiger charge is 2.12. The minimum Gasteiger partial charge on any atom is -0.497 e. The Morgan fingerprint density at radius 2 is 1.73 bits per heavy atom. The third kappa shape index (κ3) is 5.44. The summed E-state index contributed by atoms with van der Waals surface area (Å²) in [4.78, 5) is 28.5. The van der Waals surface area contributed by atoms with E-state index >= 15 is 0 Å². The number of aryl methyl sites for hydroxylation is 3. The molecule has 0 unspecified atom stereocenters. The Balaban J connectivity index is 1.45. The third-order valence-corrected chi connectivity index (χ3v) is 4.57. The predicted octanol–water partition coefficient (Wildman–Crippen LogP) is 3.05. The van der Waals surface area contributed by atoms with Gasteiger partial charge in [-0.2, -0.15) is 4.98 Å². The first-order valence-corrected chi connectivity index (χ1v) is 9.56. The van der Waals surface area contributed by atoms with Gasteiger partial charge in [0.05, 0.1) is 13.7 Å². The largest absolute Gasteiger partial charge is 0.497 e. The van der Waals surface area contributed by atoms with Crippen LogP contribution in [-0.4, -0.2) is 35.6 Å². The summed E-state index contributed by atoms with van der Waals surface area (Å²) in [6.07, 6.45) is 0.425. The van der Waals surface area contributed by atoms with Gasteiger partial charge < -0.3 is 19.9 Å². The minimum atomic E-state index is -0.277. The van der Waals surface area contributed by atoms with Crippen LogP contribution in [-0.2, 0) is 16.0 Å². The Morgan fingerprint density at radius 1 is 1.03 bits per heavy atom. The first kappa shape index (κ1) is 21.0. The summed E-state index contributed by atoms with van der Waals surface area (Å²) in [7, 11) is 1.60. The Kier molecular flexibility index (Phi) is 6.79. The zero-order valence-corrected chi connectivity index (χ0v) is 17.2. The predicted molar refractivity (Wildman–Crippen MR) is 112 cm³/mol. The van der Waals surface area contributed by atoms with Crippen molar-refractivity contribution in [3.63, 3.8) is 0 Å². The molecule has 0 aliphatic rings. The second-order valence-corrected chi connectivity index (χ2v) is 6.83. The van der Waals surface area contributed by atoms with E-state index < -0.39 is 0 Å². The number of nitrogens with zero attached hydrogens (tertiary/aromatic N) is 2. The molecule has 30 heavy (non-hydrogen) atoms. The number of carbonyl (C=O) groups excluding carboxylic acids is 2. The molecule has 2 amide bonds. The first-order chi connectivity index (χ1) is 14.5. The molecule has 0 fully saturated rings. The van der Waals surface area contributed by atoms with E-state index in [4.69, 9.17) is 9.26 Å². The van der Waals surface area contributed by atoms with Crippen molar-refractivity contribution in [2.45, 2.75) is 26.7 Å². The molecule has 0 spiro atoms. The fourth-order valence-electron chi connectivity index (χ4n) is 2.90. The van der Waals surface area contributed by atoms with Crippen LogP contribution in [0.5, 0.6) is 5.75 Å². The quantitative estimate of drug-likeness (QED) is 0.593. The summed E-state index contributed by atoms with van der Waals surface area (Å²) < 4.78 is 10.3. The molecule has 1 heterocycles. The molecule has 0 aliphatic carbocycles. The fraction of sp³-hybridized carbons (Fsp3) is 0.273. The number of amides is 2. The maximum atomic E-state index is 12.1. The van der Waals surface area contributed by atoms with E-state index in [0.29, 0.717) is 11.7 Å². The first-order valence-electron chi connectivity index (χ1n) is 9.56. The topological polar surface area (TPSA) is 106 Å². The van der Waals surface area contributed by atoms with Gasteiger partial charge in [-0.1, -0.05) is 23.4 Å². The number of methoxy groups -OCH3 is 1. The molecule has 1 aromatic heterocycles. The van der Waals surface area contributed by atoms with E-state index in [-0.39, 0.29) is 31.2 Å². The second-order valence-electron chi connectivity index (χ2n) is 6.83. The van der Waals surface area contributed by atoms with Crippen LogP contribution < -0.4 is 15.4 Å². The van der Waals surface area contributed by atoms with E-state index in [9.17, 15) is 9.59 Å². The zero-order chi connectivity index (χ0) is 21.5. The number of hydrogen-bond donors (Lipinski definition) is 2. The highest BCUT2D eigenvalue weighted by molar-refractivity contribution is 5.95. The van der Waals surface area contributed by atoms with Crippen molar-refractivity contribution in [3.05, 3.63) is 59.5 Å². The third-order valence-electron chi connectivity index (χ3n) is 4.57. The fourth-order valence-corrected chi connectivity index (χ4v) is 2.90. The van der Waals surface area contributed by atoms with Crippen LogP contribution in [0.2, 0.25) is 0 Å². The molecule has 0 radical (unpaired) electrons. The van der Waals surface area contributed by atoms with Crippen molar-refractivity contribution in [2.75, 3.05) is 19.0 Å². The summed E-state index contributed by atoms with van der Waals surface area (Å²) in [5, 5.41) is 9.38. The average molecular weight is 408 g/mol. The highest BCUT2D eigenvalue weighted by atomic mass is 16.5. The van der Waals surface area contributed by atoms with Gasteiger partial charge in [0.25, 0.3) is 0 Å². The maximum Gasteiger partial charge on any atom is 0.243 e. The number of hydrogen-bond acceptors (Lipinski definition) is 6. The molecule has 3 rings (SSSR count). The zero-order valence-electron chi connectivity index (χ0n) is 17.2. The lowest BCUT2D eigenvalue weighted by Gasteiger charge is -2.11. The molecule has 0 atom stereocenters. The van der Waals surface area contributed by atoms with Crippen molar-refractivity contribution < 1.29 is 18.8 Å². The lowest BCUT2D eigenvalue weighted by molar-refractivity contribution is -0.124. The number of nitrogens with one attached hydrogen (secondary N) is 2. The van der Waals surface area contributed by atoms with Crippen molar-refractivity contribution in [3.8, 4) is 17.1 Å². The standard InChI is InChI=1S/C22H24N4O4/c1-14-5-4-6-15(2)21(14)24-19(28)13-23-18(27)11-12-20-25-22(26-30-20)16-7-9-17(29-3)10-8-16/h4-10H,11-13H2,1-3H3,(H,23,27)(H,24,28). The van der Waals surface area contributed by atoms with E-state index in [1.807, 2.05) is 56.3 Å². The average Bonchev–Trinajstić information content (AvgIpc) is 3.22. The molecule has 0 saturated heterocycles. The molecular weight excluding hydrogens is 384 g/mol. The Labute approximate surface area is 174 Å². The number of anilines is 1. The van der Waals surface area contributed by atoms with Crippen molar-refractivity contribution in [2.24, 2.45) is 0 Å².